The first-order valence-corrected chi connectivity index (χ1v) is 10.3. The molecule has 138 valence electrons. The SMILES string of the molecule is CCN(C(=O)C(C)(C)C(=O)Nc1ccc(C)cc1)C1CCS(=O)(=O)C1. The average molecular weight is 366 g/mol. The van der Waals surface area contributed by atoms with Crippen LogP contribution in [0, 0.1) is 12.3 Å². The molecule has 1 fully saturated rings. The maximum Gasteiger partial charge on any atom is 0.239 e. The maximum absolute atomic E-state index is 13.0. The molecular formula is C18H26N2O4S. The minimum absolute atomic E-state index is 0.0256. The number of hydrogen-bond acceptors (Lipinski definition) is 4. The lowest BCUT2D eigenvalue weighted by atomic mass is 9.89. The summed E-state index contributed by atoms with van der Waals surface area (Å²) in [6.07, 6.45) is 0.428. The summed E-state index contributed by atoms with van der Waals surface area (Å²) < 4.78 is 23.4. The number of amides is 2. The molecular weight excluding hydrogens is 340 g/mol. The molecule has 0 bridgehead atoms. The molecule has 25 heavy (non-hydrogen) atoms. The molecule has 2 rings (SSSR count). The van der Waals surface area contributed by atoms with E-state index in [1.807, 2.05) is 19.1 Å². The van der Waals surface area contributed by atoms with E-state index < -0.39 is 21.2 Å². The summed E-state index contributed by atoms with van der Waals surface area (Å²) in [5.41, 5.74) is 0.420. The second-order valence-corrected chi connectivity index (χ2v) is 9.32. The van der Waals surface area contributed by atoms with Crippen LogP contribution in [0.4, 0.5) is 5.69 Å². The average Bonchev–Trinajstić information content (AvgIpc) is 2.90. The monoisotopic (exact) mass is 366 g/mol. The van der Waals surface area contributed by atoms with Gasteiger partial charge in [-0.05, 0) is 46.2 Å². The Morgan fingerprint density at radius 3 is 2.32 bits per heavy atom. The van der Waals surface area contributed by atoms with Gasteiger partial charge < -0.3 is 10.2 Å². The zero-order chi connectivity index (χ0) is 18.8. The number of nitrogens with one attached hydrogen (secondary N) is 1. The van der Waals surface area contributed by atoms with Crippen LogP contribution in [0.25, 0.3) is 0 Å². The van der Waals surface area contributed by atoms with Crippen LogP contribution >= 0.6 is 0 Å². The van der Waals surface area contributed by atoms with Crippen molar-refractivity contribution in [1.29, 1.82) is 0 Å². The number of sulfone groups is 1. The molecule has 1 heterocycles. The molecule has 6 nitrogen and oxygen atoms in total. The predicted octanol–water partition coefficient (Wildman–Crippen LogP) is 2.00. The smallest absolute Gasteiger partial charge is 0.239 e. The molecule has 0 aromatic heterocycles. The molecule has 0 saturated carbocycles. The Hall–Kier alpha value is -1.89. The molecule has 1 unspecified atom stereocenters. The van der Waals surface area contributed by atoms with Gasteiger partial charge in [-0.1, -0.05) is 17.7 Å². The topological polar surface area (TPSA) is 83.6 Å². The highest BCUT2D eigenvalue weighted by Crippen LogP contribution is 2.26. The van der Waals surface area contributed by atoms with Crippen LogP contribution in [0.2, 0.25) is 0 Å². The predicted molar refractivity (Wildman–Crippen MR) is 98.0 cm³/mol. The van der Waals surface area contributed by atoms with Crippen molar-refractivity contribution in [2.45, 2.75) is 40.2 Å². The van der Waals surface area contributed by atoms with E-state index in [0.717, 1.165) is 5.56 Å². The van der Waals surface area contributed by atoms with Crippen molar-refractivity contribution >= 4 is 27.3 Å². The normalized spacial score (nSPS) is 19.4. The summed E-state index contributed by atoms with van der Waals surface area (Å²) in [7, 11) is -3.10. The molecule has 2 amide bonds. The van der Waals surface area contributed by atoms with E-state index in [9.17, 15) is 18.0 Å². The van der Waals surface area contributed by atoms with Crippen LogP contribution < -0.4 is 5.32 Å². The van der Waals surface area contributed by atoms with E-state index in [4.69, 9.17) is 0 Å². The van der Waals surface area contributed by atoms with Crippen molar-refractivity contribution in [3.8, 4) is 0 Å². The Kier molecular flexibility index (Phi) is 5.56. The lowest BCUT2D eigenvalue weighted by Gasteiger charge is -2.34. The van der Waals surface area contributed by atoms with Gasteiger partial charge in [0.25, 0.3) is 0 Å². The third kappa shape index (κ3) is 4.39. The lowest BCUT2D eigenvalue weighted by Crippen LogP contribution is -2.51. The number of carbonyl (C=O) groups is 2. The molecule has 1 N–H and O–H groups in total. The Labute approximate surface area is 149 Å². The number of anilines is 1. The fourth-order valence-corrected chi connectivity index (χ4v) is 4.70. The highest BCUT2D eigenvalue weighted by Gasteiger charge is 2.43. The minimum Gasteiger partial charge on any atom is -0.338 e. The highest BCUT2D eigenvalue weighted by molar-refractivity contribution is 7.91. The van der Waals surface area contributed by atoms with Gasteiger partial charge in [0.1, 0.15) is 5.41 Å². The zero-order valence-electron chi connectivity index (χ0n) is 15.2. The summed E-state index contributed by atoms with van der Waals surface area (Å²) in [4.78, 5) is 27.1. The number of rotatable bonds is 5. The van der Waals surface area contributed by atoms with Crippen molar-refractivity contribution in [2.75, 3.05) is 23.4 Å². The molecule has 1 atom stereocenters. The third-order valence-corrected chi connectivity index (χ3v) is 6.41. The van der Waals surface area contributed by atoms with Crippen molar-refractivity contribution in [3.63, 3.8) is 0 Å². The summed E-state index contributed by atoms with van der Waals surface area (Å²) in [6.45, 7) is 7.28. The first-order valence-electron chi connectivity index (χ1n) is 8.46. The van der Waals surface area contributed by atoms with Gasteiger partial charge in [-0.2, -0.15) is 0 Å². The summed E-state index contributed by atoms with van der Waals surface area (Å²) >= 11 is 0. The second-order valence-electron chi connectivity index (χ2n) is 7.09. The highest BCUT2D eigenvalue weighted by atomic mass is 32.2. The van der Waals surface area contributed by atoms with Crippen LogP contribution in [0.5, 0.6) is 0 Å². The Balaban J connectivity index is 2.14. The number of benzene rings is 1. The number of aryl methyl sites for hydroxylation is 1. The van der Waals surface area contributed by atoms with Gasteiger partial charge in [0, 0.05) is 18.3 Å². The van der Waals surface area contributed by atoms with Crippen LogP contribution in [-0.4, -0.2) is 49.2 Å². The quantitative estimate of drug-likeness (QED) is 0.808. The Morgan fingerprint density at radius 1 is 1.24 bits per heavy atom. The van der Waals surface area contributed by atoms with Crippen molar-refractivity contribution < 1.29 is 18.0 Å². The van der Waals surface area contributed by atoms with Gasteiger partial charge in [0.2, 0.25) is 11.8 Å². The minimum atomic E-state index is -3.10. The number of carbonyl (C=O) groups excluding carboxylic acids is 2. The fraction of sp³-hybridized carbons (Fsp3) is 0.556. The van der Waals surface area contributed by atoms with Gasteiger partial charge in [-0.3, -0.25) is 9.59 Å². The van der Waals surface area contributed by atoms with Crippen molar-refractivity contribution in [1.82, 2.24) is 4.90 Å². The molecule has 1 aromatic rings. The maximum atomic E-state index is 13.0. The lowest BCUT2D eigenvalue weighted by molar-refractivity contribution is -0.147. The van der Waals surface area contributed by atoms with Gasteiger partial charge in [0.05, 0.1) is 11.5 Å². The molecule has 1 saturated heterocycles. The summed E-state index contributed by atoms with van der Waals surface area (Å²) in [5, 5.41) is 2.77. The molecule has 1 aromatic carbocycles. The van der Waals surface area contributed by atoms with Crippen LogP contribution in [0.1, 0.15) is 32.8 Å². The molecule has 0 aliphatic carbocycles. The van der Waals surface area contributed by atoms with E-state index >= 15 is 0 Å². The molecule has 7 heteroatoms. The molecule has 0 radical (unpaired) electrons. The van der Waals surface area contributed by atoms with Crippen molar-refractivity contribution in [2.24, 2.45) is 5.41 Å². The molecule has 0 spiro atoms. The van der Waals surface area contributed by atoms with Gasteiger partial charge in [0.15, 0.2) is 9.84 Å². The van der Waals surface area contributed by atoms with E-state index in [-0.39, 0.29) is 23.5 Å². The fourth-order valence-electron chi connectivity index (χ4n) is 2.97. The van der Waals surface area contributed by atoms with Crippen LogP contribution in [-0.2, 0) is 19.4 Å². The number of nitrogens with zero attached hydrogens (tertiary/aromatic N) is 1. The Bertz CT molecular complexity index is 754. The van der Waals surface area contributed by atoms with E-state index in [1.165, 1.54) is 4.90 Å². The largest absolute Gasteiger partial charge is 0.338 e. The van der Waals surface area contributed by atoms with E-state index in [1.54, 1.807) is 32.9 Å². The summed E-state index contributed by atoms with van der Waals surface area (Å²) in [6, 6.07) is 6.98. The first-order chi connectivity index (χ1) is 11.6. The van der Waals surface area contributed by atoms with Crippen LogP contribution in [0.3, 0.4) is 0 Å². The van der Waals surface area contributed by atoms with E-state index in [0.29, 0.717) is 18.7 Å². The standard InChI is InChI=1S/C18H26N2O4S/c1-5-20(15-10-11-25(23,24)12-15)17(22)18(3,4)16(21)19-14-8-6-13(2)7-9-14/h6-9,15H,5,10-12H2,1-4H3,(H,19,21). The second kappa shape index (κ2) is 7.15. The third-order valence-electron chi connectivity index (χ3n) is 4.66. The Morgan fingerprint density at radius 2 is 1.84 bits per heavy atom. The van der Waals surface area contributed by atoms with Gasteiger partial charge >= 0.3 is 0 Å². The van der Waals surface area contributed by atoms with Crippen LogP contribution in [0.15, 0.2) is 24.3 Å². The van der Waals surface area contributed by atoms with Gasteiger partial charge in [-0.25, -0.2) is 8.42 Å². The van der Waals surface area contributed by atoms with Crippen molar-refractivity contribution in [3.05, 3.63) is 29.8 Å². The number of hydrogen-bond donors (Lipinski definition) is 1. The molecule has 1 aliphatic rings. The zero-order valence-corrected chi connectivity index (χ0v) is 16.0. The van der Waals surface area contributed by atoms with Gasteiger partial charge in [-0.15, -0.1) is 0 Å². The van der Waals surface area contributed by atoms with E-state index in [2.05, 4.69) is 5.32 Å². The summed E-state index contributed by atoms with van der Waals surface area (Å²) in [5.74, 6) is -0.679. The first kappa shape index (κ1) is 19.4. The molecule has 1 aliphatic heterocycles.